The lowest BCUT2D eigenvalue weighted by atomic mass is 10.3. The molecular weight excluding hydrogens is 202 g/mol. The minimum Gasteiger partial charge on any atom is -0.497 e. The van der Waals surface area contributed by atoms with E-state index < -0.39 is 0 Å². The number of amidine groups is 1. The van der Waals surface area contributed by atoms with E-state index in [4.69, 9.17) is 4.74 Å². The van der Waals surface area contributed by atoms with Crippen molar-refractivity contribution in [2.75, 3.05) is 20.2 Å². The van der Waals surface area contributed by atoms with Gasteiger partial charge in [0, 0.05) is 18.8 Å². The molecule has 0 saturated heterocycles. The number of hydrogen-bond donors (Lipinski definition) is 1. The van der Waals surface area contributed by atoms with Gasteiger partial charge >= 0.3 is 0 Å². The standard InChI is InChI=1S/C9H11N3O.ClH/c1-13-7-2-3-10-8(6-7)9-11-4-5-12-9;/h2-3,6H,4-5H2,1H3,(H,11,12);1H. The third-order valence-electron chi connectivity index (χ3n) is 1.88. The number of halogens is 1. The fourth-order valence-electron chi connectivity index (χ4n) is 1.24. The van der Waals surface area contributed by atoms with Gasteiger partial charge in [0.25, 0.3) is 0 Å². The van der Waals surface area contributed by atoms with Crippen molar-refractivity contribution in [3.63, 3.8) is 0 Å². The smallest absolute Gasteiger partial charge is 0.147 e. The van der Waals surface area contributed by atoms with Gasteiger partial charge in [0.1, 0.15) is 17.3 Å². The number of hydrogen-bond acceptors (Lipinski definition) is 4. The van der Waals surface area contributed by atoms with E-state index in [0.29, 0.717) is 0 Å². The Balaban J connectivity index is 0.000000980. The van der Waals surface area contributed by atoms with Crippen LogP contribution in [0.3, 0.4) is 0 Å². The maximum atomic E-state index is 5.09. The number of methoxy groups -OCH3 is 1. The summed E-state index contributed by atoms with van der Waals surface area (Å²) in [4.78, 5) is 8.46. The average molecular weight is 214 g/mol. The molecule has 0 fully saturated rings. The Labute approximate surface area is 88.8 Å². The Kier molecular flexibility index (Phi) is 3.71. The summed E-state index contributed by atoms with van der Waals surface area (Å²) >= 11 is 0. The van der Waals surface area contributed by atoms with Gasteiger partial charge in [-0.05, 0) is 6.07 Å². The van der Waals surface area contributed by atoms with Crippen molar-refractivity contribution in [1.29, 1.82) is 0 Å². The molecule has 0 aromatic carbocycles. The Morgan fingerprint density at radius 1 is 1.50 bits per heavy atom. The van der Waals surface area contributed by atoms with Gasteiger partial charge in [-0.25, -0.2) is 0 Å². The second kappa shape index (κ2) is 4.81. The molecule has 14 heavy (non-hydrogen) atoms. The summed E-state index contributed by atoms with van der Waals surface area (Å²) in [5, 5.41) is 3.16. The van der Waals surface area contributed by atoms with Gasteiger partial charge in [-0.3, -0.25) is 9.98 Å². The lowest BCUT2D eigenvalue weighted by Gasteiger charge is -2.03. The van der Waals surface area contributed by atoms with E-state index in [2.05, 4.69) is 15.3 Å². The van der Waals surface area contributed by atoms with Crippen LogP contribution < -0.4 is 10.1 Å². The molecule has 76 valence electrons. The summed E-state index contributed by atoms with van der Waals surface area (Å²) in [6.45, 7) is 1.72. The molecule has 0 amide bonds. The Hall–Kier alpha value is -1.29. The summed E-state index contributed by atoms with van der Waals surface area (Å²) in [6, 6.07) is 3.69. The van der Waals surface area contributed by atoms with Gasteiger partial charge in [-0.15, -0.1) is 12.4 Å². The van der Waals surface area contributed by atoms with Gasteiger partial charge in [0.2, 0.25) is 0 Å². The predicted octanol–water partition coefficient (Wildman–Crippen LogP) is 0.862. The third-order valence-corrected chi connectivity index (χ3v) is 1.88. The van der Waals surface area contributed by atoms with E-state index in [1.165, 1.54) is 0 Å². The van der Waals surface area contributed by atoms with Crippen molar-refractivity contribution in [1.82, 2.24) is 10.3 Å². The first-order chi connectivity index (χ1) is 6.40. The Morgan fingerprint density at radius 2 is 2.36 bits per heavy atom. The summed E-state index contributed by atoms with van der Waals surface area (Å²) in [5.41, 5.74) is 0.844. The first-order valence-electron chi connectivity index (χ1n) is 4.19. The zero-order chi connectivity index (χ0) is 9.10. The van der Waals surface area contributed by atoms with Crippen LogP contribution in [-0.2, 0) is 0 Å². The highest BCUT2D eigenvalue weighted by molar-refractivity contribution is 5.98. The van der Waals surface area contributed by atoms with Crippen LogP contribution in [0.15, 0.2) is 23.3 Å². The quantitative estimate of drug-likeness (QED) is 0.793. The van der Waals surface area contributed by atoms with Crippen LogP contribution in [0, 0.1) is 0 Å². The van der Waals surface area contributed by atoms with E-state index in [9.17, 15) is 0 Å². The fraction of sp³-hybridized carbons (Fsp3) is 0.333. The van der Waals surface area contributed by atoms with Gasteiger partial charge < -0.3 is 10.1 Å². The van der Waals surface area contributed by atoms with Crippen LogP contribution in [0.2, 0.25) is 0 Å². The zero-order valence-corrected chi connectivity index (χ0v) is 8.67. The monoisotopic (exact) mass is 213 g/mol. The molecule has 2 rings (SSSR count). The summed E-state index contributed by atoms with van der Waals surface area (Å²) in [6.07, 6.45) is 1.72. The predicted molar refractivity (Wildman–Crippen MR) is 57.4 cm³/mol. The number of ether oxygens (including phenoxy) is 1. The molecule has 1 N–H and O–H groups in total. The molecule has 1 aliphatic heterocycles. The lowest BCUT2D eigenvalue weighted by Crippen LogP contribution is -2.20. The zero-order valence-electron chi connectivity index (χ0n) is 7.86. The molecule has 1 aromatic rings. The SMILES string of the molecule is COc1ccnc(C2=NCCN2)c1.Cl. The molecule has 0 saturated carbocycles. The van der Waals surface area contributed by atoms with Crippen molar-refractivity contribution in [3.8, 4) is 5.75 Å². The maximum Gasteiger partial charge on any atom is 0.147 e. The first-order valence-corrected chi connectivity index (χ1v) is 4.19. The first kappa shape index (κ1) is 10.8. The van der Waals surface area contributed by atoms with Crippen molar-refractivity contribution >= 4 is 18.2 Å². The molecular formula is C9H12ClN3O. The number of aliphatic imine (C=N–C) groups is 1. The summed E-state index contributed by atoms with van der Waals surface area (Å²) in [7, 11) is 1.64. The lowest BCUT2D eigenvalue weighted by molar-refractivity contribution is 0.414. The number of nitrogens with zero attached hydrogens (tertiary/aromatic N) is 2. The van der Waals surface area contributed by atoms with Crippen LogP contribution in [0.4, 0.5) is 0 Å². The second-order valence-corrected chi connectivity index (χ2v) is 2.74. The van der Waals surface area contributed by atoms with Gasteiger partial charge in [0.15, 0.2) is 0 Å². The average Bonchev–Trinajstić information content (AvgIpc) is 2.71. The number of pyridine rings is 1. The topological polar surface area (TPSA) is 46.5 Å². The van der Waals surface area contributed by atoms with Crippen molar-refractivity contribution < 1.29 is 4.74 Å². The molecule has 0 bridgehead atoms. The van der Waals surface area contributed by atoms with Gasteiger partial charge in [0.05, 0.1) is 13.7 Å². The third kappa shape index (κ3) is 2.14. The number of aromatic nitrogens is 1. The molecule has 0 radical (unpaired) electrons. The molecule has 0 spiro atoms. The Morgan fingerprint density at radius 3 is 3.00 bits per heavy atom. The highest BCUT2D eigenvalue weighted by atomic mass is 35.5. The Bertz CT molecular complexity index is 341. The van der Waals surface area contributed by atoms with Crippen LogP contribution in [0.1, 0.15) is 5.69 Å². The molecule has 0 atom stereocenters. The molecule has 4 nitrogen and oxygen atoms in total. The van der Waals surface area contributed by atoms with Gasteiger partial charge in [-0.2, -0.15) is 0 Å². The molecule has 0 aliphatic carbocycles. The van der Waals surface area contributed by atoms with Gasteiger partial charge in [-0.1, -0.05) is 0 Å². The van der Waals surface area contributed by atoms with E-state index >= 15 is 0 Å². The van der Waals surface area contributed by atoms with E-state index in [-0.39, 0.29) is 12.4 Å². The van der Waals surface area contributed by atoms with Crippen LogP contribution in [-0.4, -0.2) is 31.0 Å². The van der Waals surface area contributed by atoms with Crippen LogP contribution in [0.5, 0.6) is 5.75 Å². The van der Waals surface area contributed by atoms with Crippen molar-refractivity contribution in [3.05, 3.63) is 24.0 Å². The normalized spacial score (nSPS) is 13.9. The highest BCUT2D eigenvalue weighted by Crippen LogP contribution is 2.10. The molecule has 1 aliphatic rings. The van der Waals surface area contributed by atoms with Crippen LogP contribution >= 0.6 is 12.4 Å². The van der Waals surface area contributed by atoms with E-state index in [0.717, 1.165) is 30.4 Å². The van der Waals surface area contributed by atoms with E-state index in [1.807, 2.05) is 12.1 Å². The summed E-state index contributed by atoms with van der Waals surface area (Å²) in [5.74, 6) is 1.67. The molecule has 1 aromatic heterocycles. The number of rotatable bonds is 2. The number of nitrogens with one attached hydrogen (secondary N) is 1. The summed E-state index contributed by atoms with van der Waals surface area (Å²) < 4.78 is 5.09. The maximum absolute atomic E-state index is 5.09. The van der Waals surface area contributed by atoms with E-state index in [1.54, 1.807) is 13.3 Å². The van der Waals surface area contributed by atoms with Crippen molar-refractivity contribution in [2.24, 2.45) is 4.99 Å². The molecule has 0 unspecified atom stereocenters. The van der Waals surface area contributed by atoms with Crippen LogP contribution in [0.25, 0.3) is 0 Å². The minimum atomic E-state index is 0. The molecule has 2 heterocycles. The fourth-order valence-corrected chi connectivity index (χ4v) is 1.24. The largest absolute Gasteiger partial charge is 0.497 e. The molecule has 5 heteroatoms. The second-order valence-electron chi connectivity index (χ2n) is 2.74. The van der Waals surface area contributed by atoms with Crippen molar-refractivity contribution in [2.45, 2.75) is 0 Å². The highest BCUT2D eigenvalue weighted by Gasteiger charge is 2.09. The minimum absolute atomic E-state index is 0.